The lowest BCUT2D eigenvalue weighted by molar-refractivity contribution is 0.0943. The van der Waals surface area contributed by atoms with E-state index in [9.17, 15) is 4.79 Å². The number of carbonyl (C=O) groups is 1. The average molecular weight is 422 g/mol. The summed E-state index contributed by atoms with van der Waals surface area (Å²) in [6.07, 6.45) is 0. The minimum atomic E-state index is -0.0889. The van der Waals surface area contributed by atoms with Gasteiger partial charge in [0.25, 0.3) is 5.91 Å². The van der Waals surface area contributed by atoms with Gasteiger partial charge in [0, 0.05) is 29.4 Å². The van der Waals surface area contributed by atoms with Crippen LogP contribution in [-0.2, 0) is 6.54 Å². The van der Waals surface area contributed by atoms with E-state index >= 15 is 0 Å². The second kappa shape index (κ2) is 10.3. The summed E-state index contributed by atoms with van der Waals surface area (Å²) in [5.41, 5.74) is 2.41. The van der Waals surface area contributed by atoms with Gasteiger partial charge in [-0.1, -0.05) is 18.2 Å². The molecule has 0 fully saturated rings. The van der Waals surface area contributed by atoms with Crippen molar-refractivity contribution in [3.63, 3.8) is 0 Å². The third kappa shape index (κ3) is 6.08. The SMILES string of the molecule is COc1cc(OC)nc(Oc2ccccc2CNc2ccc(C(=O)NC(C)C)cc2)n1. The maximum atomic E-state index is 12.1. The zero-order valence-corrected chi connectivity index (χ0v) is 18.0. The van der Waals surface area contributed by atoms with Crippen molar-refractivity contribution >= 4 is 11.6 Å². The molecule has 0 unspecified atom stereocenters. The second-order valence-electron chi connectivity index (χ2n) is 7.00. The molecule has 8 nitrogen and oxygen atoms in total. The number of nitrogens with one attached hydrogen (secondary N) is 2. The Kier molecular flexibility index (Phi) is 7.26. The lowest BCUT2D eigenvalue weighted by Crippen LogP contribution is -2.29. The molecule has 1 aromatic heterocycles. The average Bonchev–Trinajstić information content (AvgIpc) is 2.78. The molecule has 31 heavy (non-hydrogen) atoms. The van der Waals surface area contributed by atoms with Crippen LogP contribution in [0.1, 0.15) is 29.8 Å². The number of hydrogen-bond acceptors (Lipinski definition) is 7. The maximum absolute atomic E-state index is 12.1. The summed E-state index contributed by atoms with van der Waals surface area (Å²) in [4.78, 5) is 20.5. The standard InChI is InChI=1S/C23H26N4O4/c1-15(2)25-22(28)16-9-11-18(12-10-16)24-14-17-7-5-6-8-19(17)31-23-26-20(29-3)13-21(27-23)30-4/h5-13,15,24H,14H2,1-4H3,(H,25,28). The molecule has 0 spiro atoms. The number of carbonyl (C=O) groups excluding carboxylic acids is 1. The van der Waals surface area contributed by atoms with Gasteiger partial charge in [0.2, 0.25) is 11.8 Å². The normalized spacial score (nSPS) is 10.5. The first-order chi connectivity index (χ1) is 15.0. The van der Waals surface area contributed by atoms with Gasteiger partial charge in [0.1, 0.15) is 5.75 Å². The number of para-hydroxylation sites is 1. The van der Waals surface area contributed by atoms with Crippen molar-refractivity contribution in [2.45, 2.75) is 26.4 Å². The molecule has 2 aromatic carbocycles. The smallest absolute Gasteiger partial charge is 0.328 e. The molecule has 8 heteroatoms. The summed E-state index contributed by atoms with van der Waals surface area (Å²) >= 11 is 0. The van der Waals surface area contributed by atoms with Gasteiger partial charge in [-0.3, -0.25) is 4.79 Å². The quantitative estimate of drug-likeness (QED) is 0.537. The van der Waals surface area contributed by atoms with Gasteiger partial charge < -0.3 is 24.8 Å². The maximum Gasteiger partial charge on any atom is 0.328 e. The molecule has 0 aliphatic heterocycles. The summed E-state index contributed by atoms with van der Waals surface area (Å²) in [5, 5.41) is 6.21. The molecule has 0 aliphatic carbocycles. The van der Waals surface area contributed by atoms with Gasteiger partial charge in [-0.05, 0) is 44.2 Å². The monoisotopic (exact) mass is 422 g/mol. The van der Waals surface area contributed by atoms with Gasteiger partial charge in [-0.2, -0.15) is 9.97 Å². The number of benzene rings is 2. The minimum Gasteiger partial charge on any atom is -0.481 e. The predicted octanol–water partition coefficient (Wildman–Crippen LogP) is 4.04. The van der Waals surface area contributed by atoms with Crippen molar-refractivity contribution in [3.8, 4) is 23.5 Å². The molecular weight excluding hydrogens is 396 g/mol. The van der Waals surface area contributed by atoms with Crippen LogP contribution >= 0.6 is 0 Å². The van der Waals surface area contributed by atoms with Crippen LogP contribution < -0.4 is 24.8 Å². The largest absolute Gasteiger partial charge is 0.481 e. The highest BCUT2D eigenvalue weighted by molar-refractivity contribution is 5.94. The van der Waals surface area contributed by atoms with Crippen LogP contribution in [0, 0.1) is 0 Å². The Morgan fingerprint density at radius 1 is 0.968 bits per heavy atom. The number of ether oxygens (including phenoxy) is 3. The first-order valence-electron chi connectivity index (χ1n) is 9.86. The lowest BCUT2D eigenvalue weighted by Gasteiger charge is -2.13. The van der Waals surface area contributed by atoms with E-state index in [0.29, 0.717) is 29.6 Å². The van der Waals surface area contributed by atoms with Crippen LogP contribution in [0.4, 0.5) is 5.69 Å². The second-order valence-corrected chi connectivity index (χ2v) is 7.00. The van der Waals surface area contributed by atoms with Crippen molar-refractivity contribution < 1.29 is 19.0 Å². The van der Waals surface area contributed by atoms with Crippen LogP contribution in [0.25, 0.3) is 0 Å². The molecule has 0 aliphatic rings. The van der Waals surface area contributed by atoms with Crippen LogP contribution in [0.15, 0.2) is 54.6 Å². The fraction of sp³-hybridized carbons (Fsp3) is 0.261. The lowest BCUT2D eigenvalue weighted by atomic mass is 10.1. The zero-order chi connectivity index (χ0) is 22.2. The molecule has 3 aromatic rings. The van der Waals surface area contributed by atoms with Crippen LogP contribution in [0.2, 0.25) is 0 Å². The first kappa shape index (κ1) is 21.9. The van der Waals surface area contributed by atoms with Gasteiger partial charge in [0.05, 0.1) is 20.3 Å². The third-order valence-electron chi connectivity index (χ3n) is 4.30. The van der Waals surface area contributed by atoms with E-state index < -0.39 is 0 Å². The van der Waals surface area contributed by atoms with Crippen LogP contribution in [0.3, 0.4) is 0 Å². The van der Waals surface area contributed by atoms with Gasteiger partial charge in [-0.15, -0.1) is 0 Å². The van der Waals surface area contributed by atoms with E-state index in [1.165, 1.54) is 14.2 Å². The van der Waals surface area contributed by atoms with Crippen molar-refractivity contribution in [2.75, 3.05) is 19.5 Å². The minimum absolute atomic E-state index is 0.0889. The number of anilines is 1. The van der Waals surface area contributed by atoms with E-state index in [4.69, 9.17) is 14.2 Å². The topological polar surface area (TPSA) is 94.6 Å². The highest BCUT2D eigenvalue weighted by Gasteiger charge is 2.11. The van der Waals surface area contributed by atoms with E-state index in [1.54, 1.807) is 18.2 Å². The number of methoxy groups -OCH3 is 2. The Morgan fingerprint density at radius 2 is 1.61 bits per heavy atom. The molecular formula is C23H26N4O4. The fourth-order valence-corrected chi connectivity index (χ4v) is 2.77. The highest BCUT2D eigenvalue weighted by Crippen LogP contribution is 2.27. The van der Waals surface area contributed by atoms with Gasteiger partial charge in [0.15, 0.2) is 0 Å². The number of aromatic nitrogens is 2. The molecule has 0 radical (unpaired) electrons. The van der Waals surface area contributed by atoms with Crippen molar-refractivity contribution in [1.82, 2.24) is 15.3 Å². The van der Waals surface area contributed by atoms with Crippen molar-refractivity contribution in [1.29, 1.82) is 0 Å². The van der Waals surface area contributed by atoms with E-state index in [0.717, 1.165) is 11.3 Å². The van der Waals surface area contributed by atoms with E-state index in [1.807, 2.05) is 50.2 Å². The number of rotatable bonds is 9. The molecule has 1 heterocycles. The Balaban J connectivity index is 1.69. The number of nitrogens with zero attached hydrogens (tertiary/aromatic N) is 2. The summed E-state index contributed by atoms with van der Waals surface area (Å²) in [6, 6.07) is 16.7. The molecule has 2 N–H and O–H groups in total. The summed E-state index contributed by atoms with van der Waals surface area (Å²) in [7, 11) is 3.03. The van der Waals surface area contributed by atoms with E-state index in [-0.39, 0.29) is 18.0 Å². The van der Waals surface area contributed by atoms with E-state index in [2.05, 4.69) is 20.6 Å². The molecule has 162 valence electrons. The zero-order valence-electron chi connectivity index (χ0n) is 18.0. The van der Waals surface area contributed by atoms with Crippen LogP contribution in [-0.4, -0.2) is 36.1 Å². The van der Waals surface area contributed by atoms with Gasteiger partial charge in [-0.25, -0.2) is 0 Å². The molecule has 3 rings (SSSR count). The Morgan fingerprint density at radius 3 is 2.23 bits per heavy atom. The summed E-state index contributed by atoms with van der Waals surface area (Å²) < 4.78 is 16.2. The Hall–Kier alpha value is -3.81. The van der Waals surface area contributed by atoms with Crippen LogP contribution in [0.5, 0.6) is 23.5 Å². The first-order valence-corrected chi connectivity index (χ1v) is 9.86. The summed E-state index contributed by atoms with van der Waals surface area (Å²) in [6.45, 7) is 4.37. The third-order valence-corrected chi connectivity index (χ3v) is 4.30. The van der Waals surface area contributed by atoms with Crippen molar-refractivity contribution in [2.24, 2.45) is 0 Å². The van der Waals surface area contributed by atoms with Crippen molar-refractivity contribution in [3.05, 3.63) is 65.7 Å². The Labute approximate surface area is 181 Å². The fourth-order valence-electron chi connectivity index (χ4n) is 2.77. The van der Waals surface area contributed by atoms with Gasteiger partial charge >= 0.3 is 6.01 Å². The molecule has 1 amide bonds. The predicted molar refractivity (Wildman–Crippen MR) is 118 cm³/mol. The molecule has 0 saturated heterocycles. The Bertz CT molecular complexity index is 1000. The molecule has 0 saturated carbocycles. The summed E-state index contributed by atoms with van der Waals surface area (Å²) in [5.74, 6) is 1.21. The molecule has 0 atom stereocenters. The molecule has 0 bridgehead atoms. The number of amides is 1. The highest BCUT2D eigenvalue weighted by atomic mass is 16.5. The number of hydrogen-bond donors (Lipinski definition) is 2.